The van der Waals surface area contributed by atoms with Gasteiger partial charge in [0.05, 0.1) is 0 Å². The Labute approximate surface area is 98.6 Å². The van der Waals surface area contributed by atoms with Crippen LogP contribution < -0.4 is 10.6 Å². The van der Waals surface area contributed by atoms with Crippen molar-refractivity contribution in [2.45, 2.75) is 12.8 Å². The number of carbonyl (C=O) groups is 1. The monoisotopic (exact) mass is 240 g/mol. The second-order valence-electron chi connectivity index (χ2n) is 3.84. The van der Waals surface area contributed by atoms with Crippen molar-refractivity contribution < 1.29 is 4.79 Å². The number of amides is 1. The molecule has 0 radical (unpaired) electrons. The predicted molar refractivity (Wildman–Crippen MR) is 61.2 cm³/mol. The van der Waals surface area contributed by atoms with E-state index in [4.69, 9.17) is 17.3 Å². The summed E-state index contributed by atoms with van der Waals surface area (Å²) in [5, 5.41) is 0.432. The van der Waals surface area contributed by atoms with Gasteiger partial charge in [-0.2, -0.15) is 0 Å². The molecule has 1 aliphatic heterocycles. The summed E-state index contributed by atoms with van der Waals surface area (Å²) in [6.45, 7) is 1.49. The molecule has 0 aromatic carbocycles. The molecule has 0 bridgehead atoms. The van der Waals surface area contributed by atoms with E-state index in [1.54, 1.807) is 12.3 Å². The van der Waals surface area contributed by atoms with Crippen molar-refractivity contribution in [3.05, 3.63) is 17.4 Å². The molecule has 2 N–H and O–H groups in total. The standard InChI is InChI=1S/C10H13ClN4O/c11-8-1-4-13-10(14-8)15-5-2-7(3-6-15)9(12)16/h1,4,7H,2-3,5-6H2,(H2,12,16). The Kier molecular flexibility index (Phi) is 3.24. The Morgan fingerprint density at radius 1 is 1.50 bits per heavy atom. The molecular formula is C10H13ClN4O. The minimum Gasteiger partial charge on any atom is -0.369 e. The molecular weight excluding hydrogens is 228 g/mol. The second kappa shape index (κ2) is 4.65. The van der Waals surface area contributed by atoms with Crippen LogP contribution in [0.3, 0.4) is 0 Å². The van der Waals surface area contributed by atoms with Gasteiger partial charge in [-0.05, 0) is 18.9 Å². The van der Waals surface area contributed by atoms with Crippen LogP contribution in [0.4, 0.5) is 5.95 Å². The molecule has 1 amide bonds. The van der Waals surface area contributed by atoms with Gasteiger partial charge in [0.2, 0.25) is 11.9 Å². The van der Waals surface area contributed by atoms with Gasteiger partial charge < -0.3 is 10.6 Å². The van der Waals surface area contributed by atoms with Gasteiger partial charge in [-0.3, -0.25) is 4.79 Å². The first-order valence-electron chi connectivity index (χ1n) is 5.19. The number of hydrogen-bond acceptors (Lipinski definition) is 4. The molecule has 0 saturated carbocycles. The number of piperidine rings is 1. The normalized spacial score (nSPS) is 17.4. The first kappa shape index (κ1) is 11.1. The van der Waals surface area contributed by atoms with Gasteiger partial charge in [-0.1, -0.05) is 11.6 Å². The van der Waals surface area contributed by atoms with Crippen molar-refractivity contribution in [3.8, 4) is 0 Å². The quantitative estimate of drug-likeness (QED) is 0.778. The summed E-state index contributed by atoms with van der Waals surface area (Å²) in [4.78, 5) is 21.3. The van der Waals surface area contributed by atoms with Crippen LogP contribution in [-0.2, 0) is 4.79 Å². The maximum absolute atomic E-state index is 11.0. The number of anilines is 1. The molecule has 2 heterocycles. The predicted octanol–water partition coefficient (Wildman–Crippen LogP) is 0.832. The number of nitrogens with zero attached hydrogens (tertiary/aromatic N) is 3. The number of nitrogens with two attached hydrogens (primary N) is 1. The van der Waals surface area contributed by atoms with Gasteiger partial charge >= 0.3 is 0 Å². The number of halogens is 1. The first-order chi connectivity index (χ1) is 7.66. The van der Waals surface area contributed by atoms with Crippen molar-refractivity contribution in [1.29, 1.82) is 0 Å². The highest BCUT2D eigenvalue weighted by Crippen LogP contribution is 2.20. The van der Waals surface area contributed by atoms with Crippen molar-refractivity contribution in [1.82, 2.24) is 9.97 Å². The number of hydrogen-bond donors (Lipinski definition) is 1. The molecule has 1 fully saturated rings. The summed E-state index contributed by atoms with van der Waals surface area (Å²) in [6, 6.07) is 1.64. The molecule has 1 aromatic rings. The minimum atomic E-state index is -0.216. The molecule has 0 atom stereocenters. The largest absolute Gasteiger partial charge is 0.369 e. The SMILES string of the molecule is NC(=O)C1CCN(c2nccc(Cl)n2)CC1. The van der Waals surface area contributed by atoms with Crippen LogP contribution in [-0.4, -0.2) is 29.0 Å². The maximum atomic E-state index is 11.0. The molecule has 0 aliphatic carbocycles. The van der Waals surface area contributed by atoms with E-state index >= 15 is 0 Å². The Morgan fingerprint density at radius 3 is 2.75 bits per heavy atom. The van der Waals surface area contributed by atoms with Crippen LogP contribution in [0.5, 0.6) is 0 Å². The van der Waals surface area contributed by atoms with E-state index in [1.807, 2.05) is 4.90 Å². The third kappa shape index (κ3) is 2.41. The van der Waals surface area contributed by atoms with Gasteiger partial charge in [0, 0.05) is 25.2 Å². The van der Waals surface area contributed by atoms with Gasteiger partial charge in [-0.25, -0.2) is 9.97 Å². The topological polar surface area (TPSA) is 72.1 Å². The van der Waals surface area contributed by atoms with Crippen molar-refractivity contribution >= 4 is 23.5 Å². The third-order valence-electron chi connectivity index (χ3n) is 2.79. The summed E-state index contributed by atoms with van der Waals surface area (Å²) < 4.78 is 0. The fraction of sp³-hybridized carbons (Fsp3) is 0.500. The van der Waals surface area contributed by atoms with Crippen LogP contribution in [0.15, 0.2) is 12.3 Å². The molecule has 5 nitrogen and oxygen atoms in total. The number of primary amides is 1. The Morgan fingerprint density at radius 2 is 2.19 bits per heavy atom. The Hall–Kier alpha value is -1.36. The molecule has 0 spiro atoms. The first-order valence-corrected chi connectivity index (χ1v) is 5.57. The van der Waals surface area contributed by atoms with Crippen molar-refractivity contribution in [2.75, 3.05) is 18.0 Å². The number of aromatic nitrogens is 2. The van der Waals surface area contributed by atoms with E-state index in [2.05, 4.69) is 9.97 Å². The fourth-order valence-electron chi connectivity index (χ4n) is 1.84. The molecule has 1 aliphatic rings. The molecule has 2 rings (SSSR count). The summed E-state index contributed by atoms with van der Waals surface area (Å²) >= 11 is 5.79. The van der Waals surface area contributed by atoms with Crippen LogP contribution in [0.1, 0.15) is 12.8 Å². The van der Waals surface area contributed by atoms with E-state index in [-0.39, 0.29) is 11.8 Å². The minimum absolute atomic E-state index is 0.0181. The van der Waals surface area contributed by atoms with E-state index in [0.717, 1.165) is 25.9 Å². The number of carbonyl (C=O) groups excluding carboxylic acids is 1. The smallest absolute Gasteiger partial charge is 0.226 e. The maximum Gasteiger partial charge on any atom is 0.226 e. The third-order valence-corrected chi connectivity index (χ3v) is 3.00. The van der Waals surface area contributed by atoms with Crippen LogP contribution >= 0.6 is 11.6 Å². The molecule has 0 unspecified atom stereocenters. The lowest BCUT2D eigenvalue weighted by Crippen LogP contribution is -2.39. The molecule has 6 heteroatoms. The van der Waals surface area contributed by atoms with Crippen LogP contribution in [0, 0.1) is 5.92 Å². The summed E-state index contributed by atoms with van der Waals surface area (Å²) in [7, 11) is 0. The van der Waals surface area contributed by atoms with E-state index in [9.17, 15) is 4.79 Å². The molecule has 16 heavy (non-hydrogen) atoms. The van der Waals surface area contributed by atoms with Gasteiger partial charge in [-0.15, -0.1) is 0 Å². The van der Waals surface area contributed by atoms with E-state index in [0.29, 0.717) is 11.1 Å². The highest BCUT2D eigenvalue weighted by molar-refractivity contribution is 6.29. The molecule has 86 valence electrons. The van der Waals surface area contributed by atoms with Gasteiger partial charge in [0.25, 0.3) is 0 Å². The zero-order chi connectivity index (χ0) is 11.5. The lowest BCUT2D eigenvalue weighted by atomic mass is 9.96. The Bertz CT molecular complexity index is 390. The van der Waals surface area contributed by atoms with Gasteiger partial charge in [0.1, 0.15) is 5.15 Å². The zero-order valence-corrected chi connectivity index (χ0v) is 9.52. The van der Waals surface area contributed by atoms with Crippen LogP contribution in [0.2, 0.25) is 5.15 Å². The highest BCUT2D eigenvalue weighted by Gasteiger charge is 2.24. The summed E-state index contributed by atoms with van der Waals surface area (Å²) in [5.74, 6) is 0.387. The lowest BCUT2D eigenvalue weighted by Gasteiger charge is -2.30. The highest BCUT2D eigenvalue weighted by atomic mass is 35.5. The summed E-state index contributed by atoms with van der Waals surface area (Å²) in [5.41, 5.74) is 5.27. The number of rotatable bonds is 2. The van der Waals surface area contributed by atoms with E-state index < -0.39 is 0 Å². The van der Waals surface area contributed by atoms with Crippen molar-refractivity contribution in [2.24, 2.45) is 11.7 Å². The van der Waals surface area contributed by atoms with E-state index in [1.165, 1.54) is 0 Å². The van der Waals surface area contributed by atoms with Gasteiger partial charge in [0.15, 0.2) is 0 Å². The summed E-state index contributed by atoms with van der Waals surface area (Å²) in [6.07, 6.45) is 3.14. The molecule has 1 saturated heterocycles. The lowest BCUT2D eigenvalue weighted by molar-refractivity contribution is -0.122. The average Bonchev–Trinajstić information content (AvgIpc) is 2.29. The van der Waals surface area contributed by atoms with Crippen LogP contribution in [0.25, 0.3) is 0 Å². The Balaban J connectivity index is 2.01. The van der Waals surface area contributed by atoms with Crippen molar-refractivity contribution in [3.63, 3.8) is 0 Å². The fourth-order valence-corrected chi connectivity index (χ4v) is 1.98. The zero-order valence-electron chi connectivity index (χ0n) is 8.77. The second-order valence-corrected chi connectivity index (χ2v) is 4.23. The average molecular weight is 241 g/mol. The molecule has 1 aromatic heterocycles.